The summed E-state index contributed by atoms with van der Waals surface area (Å²) in [6.45, 7) is 7.19. The number of hydrogen-bond acceptors (Lipinski definition) is 2. The first-order valence-corrected chi connectivity index (χ1v) is 7.63. The molecule has 1 N–H and O–H groups in total. The maximum Gasteiger partial charge on any atom is 0.124 e. The molecule has 114 valence electrons. The highest BCUT2D eigenvalue weighted by atomic mass is 35.5. The number of rotatable bonds is 8. The van der Waals surface area contributed by atoms with Crippen LogP contribution in [0.15, 0.2) is 18.2 Å². The molecule has 2 nitrogen and oxygen atoms in total. The standard InChI is InChI=1S/C16H25ClFNO/c1-5-16(6-2,20-4)15(19-7-3)10-12-8-9-13(18)11-14(12)17/h8-9,11,15,19H,5-7,10H2,1-4H3. The van der Waals surface area contributed by atoms with Gasteiger partial charge in [-0.3, -0.25) is 0 Å². The van der Waals surface area contributed by atoms with Gasteiger partial charge < -0.3 is 10.1 Å². The lowest BCUT2D eigenvalue weighted by Crippen LogP contribution is -2.52. The van der Waals surface area contributed by atoms with Crippen LogP contribution in [-0.2, 0) is 11.2 Å². The molecule has 0 aliphatic carbocycles. The molecule has 0 fully saturated rings. The summed E-state index contributed by atoms with van der Waals surface area (Å²) in [5.74, 6) is -0.303. The molecule has 1 atom stereocenters. The molecule has 0 heterocycles. The third-order valence-corrected chi connectivity index (χ3v) is 4.48. The molecule has 0 amide bonds. The maximum atomic E-state index is 13.1. The van der Waals surface area contributed by atoms with E-state index in [9.17, 15) is 4.39 Å². The van der Waals surface area contributed by atoms with E-state index in [4.69, 9.17) is 16.3 Å². The van der Waals surface area contributed by atoms with Gasteiger partial charge in [-0.05, 0) is 43.5 Å². The maximum absolute atomic E-state index is 13.1. The zero-order valence-electron chi connectivity index (χ0n) is 12.8. The van der Waals surface area contributed by atoms with E-state index in [1.807, 2.05) is 0 Å². The van der Waals surface area contributed by atoms with Crippen molar-refractivity contribution in [1.29, 1.82) is 0 Å². The van der Waals surface area contributed by atoms with Crippen LogP contribution in [0.3, 0.4) is 0 Å². The fourth-order valence-corrected chi connectivity index (χ4v) is 3.02. The third kappa shape index (κ3) is 3.94. The fourth-order valence-electron chi connectivity index (χ4n) is 2.77. The Morgan fingerprint density at radius 2 is 1.95 bits per heavy atom. The van der Waals surface area contributed by atoms with E-state index in [1.54, 1.807) is 13.2 Å². The topological polar surface area (TPSA) is 21.3 Å². The first kappa shape index (κ1) is 17.4. The van der Waals surface area contributed by atoms with Crippen molar-refractivity contribution in [2.45, 2.75) is 51.7 Å². The molecule has 0 aliphatic heterocycles. The molecule has 0 radical (unpaired) electrons. The summed E-state index contributed by atoms with van der Waals surface area (Å²) in [7, 11) is 1.75. The Kier molecular flexibility index (Phi) is 6.93. The minimum atomic E-state index is -0.303. The summed E-state index contributed by atoms with van der Waals surface area (Å²) < 4.78 is 18.9. The molecule has 0 saturated carbocycles. The zero-order valence-corrected chi connectivity index (χ0v) is 13.6. The fraction of sp³-hybridized carbons (Fsp3) is 0.625. The number of benzene rings is 1. The van der Waals surface area contributed by atoms with Gasteiger partial charge in [0.05, 0.1) is 5.60 Å². The Hall–Kier alpha value is -0.640. The Bertz CT molecular complexity index is 413. The number of likely N-dealkylation sites (N-methyl/N-ethyl adjacent to an activating group) is 1. The summed E-state index contributed by atoms with van der Waals surface area (Å²) in [5.41, 5.74) is 0.718. The van der Waals surface area contributed by atoms with Crippen LogP contribution in [0.4, 0.5) is 4.39 Å². The molecule has 0 spiro atoms. The van der Waals surface area contributed by atoms with Crippen LogP contribution in [0.25, 0.3) is 0 Å². The average molecular weight is 302 g/mol. The van der Waals surface area contributed by atoms with E-state index in [0.717, 1.165) is 31.4 Å². The molecule has 0 saturated heterocycles. The van der Waals surface area contributed by atoms with Crippen molar-refractivity contribution in [2.75, 3.05) is 13.7 Å². The van der Waals surface area contributed by atoms with E-state index in [0.29, 0.717) is 5.02 Å². The number of nitrogens with one attached hydrogen (secondary N) is 1. The second-order valence-corrected chi connectivity index (χ2v) is 5.43. The Morgan fingerprint density at radius 1 is 1.30 bits per heavy atom. The van der Waals surface area contributed by atoms with E-state index in [2.05, 4.69) is 26.1 Å². The molecule has 0 bridgehead atoms. The molecular weight excluding hydrogens is 277 g/mol. The normalized spacial score (nSPS) is 13.5. The van der Waals surface area contributed by atoms with E-state index in [-0.39, 0.29) is 17.5 Å². The van der Waals surface area contributed by atoms with Gasteiger partial charge in [0, 0.05) is 18.2 Å². The number of halogens is 2. The lowest BCUT2D eigenvalue weighted by atomic mass is 9.84. The largest absolute Gasteiger partial charge is 0.377 e. The van der Waals surface area contributed by atoms with Crippen molar-refractivity contribution in [1.82, 2.24) is 5.32 Å². The predicted molar refractivity (Wildman–Crippen MR) is 82.9 cm³/mol. The SMILES string of the molecule is CCNC(Cc1ccc(F)cc1Cl)C(CC)(CC)OC. The van der Waals surface area contributed by atoms with Gasteiger partial charge in [-0.15, -0.1) is 0 Å². The molecule has 0 aliphatic rings. The van der Waals surface area contributed by atoms with Gasteiger partial charge in [0.25, 0.3) is 0 Å². The Labute approximate surface area is 126 Å². The molecule has 1 unspecified atom stereocenters. The number of methoxy groups -OCH3 is 1. The second kappa shape index (κ2) is 7.96. The summed E-state index contributed by atoms with van der Waals surface area (Å²) >= 11 is 6.14. The van der Waals surface area contributed by atoms with Crippen molar-refractivity contribution in [3.63, 3.8) is 0 Å². The van der Waals surface area contributed by atoms with E-state index >= 15 is 0 Å². The van der Waals surface area contributed by atoms with Crippen LogP contribution in [0.2, 0.25) is 5.02 Å². The van der Waals surface area contributed by atoms with Crippen LogP contribution in [0, 0.1) is 5.82 Å². The van der Waals surface area contributed by atoms with Crippen LogP contribution in [-0.4, -0.2) is 25.3 Å². The highest BCUT2D eigenvalue weighted by Gasteiger charge is 2.35. The lowest BCUT2D eigenvalue weighted by Gasteiger charge is -2.39. The highest BCUT2D eigenvalue weighted by molar-refractivity contribution is 6.31. The number of hydrogen-bond donors (Lipinski definition) is 1. The van der Waals surface area contributed by atoms with E-state index in [1.165, 1.54) is 12.1 Å². The van der Waals surface area contributed by atoms with Gasteiger partial charge in [-0.25, -0.2) is 4.39 Å². The van der Waals surface area contributed by atoms with Crippen LogP contribution in [0.1, 0.15) is 39.2 Å². The van der Waals surface area contributed by atoms with E-state index < -0.39 is 0 Å². The van der Waals surface area contributed by atoms with Crippen molar-refractivity contribution in [2.24, 2.45) is 0 Å². The summed E-state index contributed by atoms with van der Waals surface area (Å²) in [6.07, 6.45) is 2.55. The summed E-state index contributed by atoms with van der Waals surface area (Å²) in [6, 6.07) is 4.73. The second-order valence-electron chi connectivity index (χ2n) is 5.03. The molecule has 20 heavy (non-hydrogen) atoms. The molecule has 1 aromatic rings. The summed E-state index contributed by atoms with van der Waals surface area (Å²) in [4.78, 5) is 0. The minimum Gasteiger partial charge on any atom is -0.377 e. The Balaban J connectivity index is 3.02. The number of ether oxygens (including phenoxy) is 1. The molecule has 0 aromatic heterocycles. The highest BCUT2D eigenvalue weighted by Crippen LogP contribution is 2.28. The zero-order chi connectivity index (χ0) is 15.2. The first-order chi connectivity index (χ1) is 9.52. The average Bonchev–Trinajstić information content (AvgIpc) is 2.44. The van der Waals surface area contributed by atoms with Crippen LogP contribution in [0.5, 0.6) is 0 Å². The van der Waals surface area contributed by atoms with Crippen molar-refractivity contribution in [3.05, 3.63) is 34.6 Å². The minimum absolute atomic E-state index is 0.149. The van der Waals surface area contributed by atoms with Crippen LogP contribution >= 0.6 is 11.6 Å². The predicted octanol–water partition coefficient (Wildman–Crippen LogP) is 4.20. The van der Waals surface area contributed by atoms with Gasteiger partial charge in [-0.1, -0.05) is 38.4 Å². The van der Waals surface area contributed by atoms with Gasteiger partial charge in [-0.2, -0.15) is 0 Å². The molecule has 4 heteroatoms. The van der Waals surface area contributed by atoms with Gasteiger partial charge >= 0.3 is 0 Å². The molecule has 1 rings (SSSR count). The van der Waals surface area contributed by atoms with Crippen molar-refractivity contribution in [3.8, 4) is 0 Å². The first-order valence-electron chi connectivity index (χ1n) is 7.25. The molecular formula is C16H25ClFNO. The van der Waals surface area contributed by atoms with Crippen molar-refractivity contribution >= 4 is 11.6 Å². The summed E-state index contributed by atoms with van der Waals surface area (Å²) in [5, 5.41) is 3.97. The van der Waals surface area contributed by atoms with Gasteiger partial charge in [0.2, 0.25) is 0 Å². The smallest absolute Gasteiger partial charge is 0.124 e. The van der Waals surface area contributed by atoms with Gasteiger partial charge in [0.15, 0.2) is 0 Å². The molecule has 1 aromatic carbocycles. The Morgan fingerprint density at radius 3 is 2.40 bits per heavy atom. The monoisotopic (exact) mass is 301 g/mol. The van der Waals surface area contributed by atoms with Crippen molar-refractivity contribution < 1.29 is 9.13 Å². The quantitative estimate of drug-likeness (QED) is 0.777. The van der Waals surface area contributed by atoms with Gasteiger partial charge in [0.1, 0.15) is 5.82 Å². The third-order valence-electron chi connectivity index (χ3n) is 4.13. The van der Waals surface area contributed by atoms with Crippen LogP contribution < -0.4 is 5.32 Å². The lowest BCUT2D eigenvalue weighted by molar-refractivity contribution is -0.0468.